The molecule has 0 aromatic carbocycles. The highest BCUT2D eigenvalue weighted by atomic mass is 32.2. The third-order valence-electron chi connectivity index (χ3n) is 2.79. The van der Waals surface area contributed by atoms with Gasteiger partial charge in [0.05, 0.1) is 0 Å². The third kappa shape index (κ3) is 4.55. The lowest BCUT2D eigenvalue weighted by molar-refractivity contribution is -0.146. The Kier molecular flexibility index (Phi) is 6.36. The van der Waals surface area contributed by atoms with Gasteiger partial charge >= 0.3 is 11.8 Å². The highest BCUT2D eigenvalue weighted by Crippen LogP contribution is 2.02. The minimum absolute atomic E-state index is 0.0874. The molecule has 1 heterocycles. The lowest BCUT2D eigenvalue weighted by atomic mass is 10.2. The van der Waals surface area contributed by atoms with Crippen molar-refractivity contribution in [2.45, 2.75) is 19.4 Å². The van der Waals surface area contributed by atoms with Crippen LogP contribution in [0.2, 0.25) is 0 Å². The number of hydrogen-bond acceptors (Lipinski definition) is 4. The van der Waals surface area contributed by atoms with Gasteiger partial charge in [-0.1, -0.05) is 6.92 Å². The zero-order valence-electron chi connectivity index (χ0n) is 10.5. The van der Waals surface area contributed by atoms with Crippen LogP contribution in [-0.2, 0) is 9.59 Å². The maximum atomic E-state index is 11.8. The van der Waals surface area contributed by atoms with Crippen molar-refractivity contribution in [3.63, 3.8) is 0 Å². The lowest BCUT2D eigenvalue weighted by Gasteiger charge is -2.27. The van der Waals surface area contributed by atoms with Crippen molar-refractivity contribution in [2.24, 2.45) is 0 Å². The van der Waals surface area contributed by atoms with Gasteiger partial charge in [0.25, 0.3) is 0 Å². The molecule has 1 rings (SSSR count). The first kappa shape index (κ1) is 14.3. The Morgan fingerprint density at radius 1 is 1.41 bits per heavy atom. The topological polar surface area (TPSA) is 61.4 Å². The number of carbonyl (C=O) groups excluding carboxylic acids is 2. The molecule has 1 unspecified atom stereocenters. The molecule has 1 aliphatic rings. The molecule has 98 valence electrons. The smallest absolute Gasteiger partial charge is 0.311 e. The molecular formula is C11H21N3O2S. The second kappa shape index (κ2) is 7.55. The second-order valence-electron chi connectivity index (χ2n) is 4.08. The van der Waals surface area contributed by atoms with Crippen LogP contribution in [0, 0.1) is 0 Å². The van der Waals surface area contributed by atoms with Crippen molar-refractivity contribution in [3.8, 4) is 0 Å². The first-order valence-electron chi connectivity index (χ1n) is 5.98. The van der Waals surface area contributed by atoms with E-state index in [0.29, 0.717) is 13.1 Å². The number of carbonyl (C=O) groups is 2. The van der Waals surface area contributed by atoms with Crippen molar-refractivity contribution >= 4 is 23.6 Å². The minimum atomic E-state index is -0.465. The predicted molar refractivity (Wildman–Crippen MR) is 70.1 cm³/mol. The summed E-state index contributed by atoms with van der Waals surface area (Å²) < 4.78 is 0. The van der Waals surface area contributed by atoms with Crippen LogP contribution in [0.25, 0.3) is 0 Å². The Morgan fingerprint density at radius 3 is 2.59 bits per heavy atom. The molecular weight excluding hydrogens is 238 g/mol. The van der Waals surface area contributed by atoms with Gasteiger partial charge in [-0.25, -0.2) is 0 Å². The molecule has 6 heteroatoms. The number of thioether (sulfide) groups is 1. The Bertz CT molecular complexity index is 267. The summed E-state index contributed by atoms with van der Waals surface area (Å²) in [6.45, 7) is 4.77. The molecule has 17 heavy (non-hydrogen) atoms. The number of amides is 2. The molecule has 1 aliphatic heterocycles. The van der Waals surface area contributed by atoms with Crippen LogP contribution < -0.4 is 10.6 Å². The fourth-order valence-electron chi connectivity index (χ4n) is 1.72. The SMILES string of the molecule is CCC(CSC)NC(=O)C(=O)N1CCNCC1. The summed E-state index contributed by atoms with van der Waals surface area (Å²) in [7, 11) is 0. The molecule has 0 spiro atoms. The molecule has 1 atom stereocenters. The first-order chi connectivity index (χ1) is 8.19. The van der Waals surface area contributed by atoms with Crippen molar-refractivity contribution in [1.29, 1.82) is 0 Å². The zero-order valence-corrected chi connectivity index (χ0v) is 11.3. The van der Waals surface area contributed by atoms with Gasteiger partial charge in [-0.15, -0.1) is 0 Å². The Morgan fingerprint density at radius 2 is 2.06 bits per heavy atom. The number of rotatable bonds is 4. The summed E-state index contributed by atoms with van der Waals surface area (Å²) in [4.78, 5) is 25.2. The van der Waals surface area contributed by atoms with Gasteiger partial charge in [0.15, 0.2) is 0 Å². The molecule has 2 N–H and O–H groups in total. The molecule has 5 nitrogen and oxygen atoms in total. The normalized spacial score (nSPS) is 17.6. The number of hydrogen-bond donors (Lipinski definition) is 2. The lowest BCUT2D eigenvalue weighted by Crippen LogP contribution is -2.52. The highest BCUT2D eigenvalue weighted by molar-refractivity contribution is 7.98. The minimum Gasteiger partial charge on any atom is -0.344 e. The van der Waals surface area contributed by atoms with E-state index in [1.165, 1.54) is 0 Å². The predicted octanol–water partition coefficient (Wildman–Crippen LogP) is -0.324. The van der Waals surface area contributed by atoms with E-state index in [2.05, 4.69) is 10.6 Å². The van der Waals surface area contributed by atoms with Gasteiger partial charge in [-0.2, -0.15) is 11.8 Å². The molecule has 0 saturated carbocycles. The maximum Gasteiger partial charge on any atom is 0.311 e. The van der Waals surface area contributed by atoms with Gasteiger partial charge < -0.3 is 15.5 Å². The standard InChI is InChI=1S/C11H21N3O2S/c1-3-9(8-17-2)13-10(15)11(16)14-6-4-12-5-7-14/h9,12H,3-8H2,1-2H3,(H,13,15). The summed E-state index contributed by atoms with van der Waals surface area (Å²) in [5, 5.41) is 5.95. The van der Waals surface area contributed by atoms with E-state index >= 15 is 0 Å². The maximum absolute atomic E-state index is 11.8. The van der Waals surface area contributed by atoms with Crippen molar-refractivity contribution < 1.29 is 9.59 Å². The fraction of sp³-hybridized carbons (Fsp3) is 0.818. The van der Waals surface area contributed by atoms with E-state index in [9.17, 15) is 9.59 Å². The van der Waals surface area contributed by atoms with Crippen molar-refractivity contribution in [1.82, 2.24) is 15.5 Å². The summed E-state index contributed by atoms with van der Waals surface area (Å²) in [5.41, 5.74) is 0. The van der Waals surface area contributed by atoms with Crippen LogP contribution in [-0.4, -0.2) is 60.9 Å². The van der Waals surface area contributed by atoms with Crippen LogP contribution in [0.15, 0.2) is 0 Å². The average Bonchev–Trinajstić information content (AvgIpc) is 2.38. The van der Waals surface area contributed by atoms with E-state index < -0.39 is 11.8 Å². The fourth-order valence-corrected chi connectivity index (χ4v) is 2.44. The van der Waals surface area contributed by atoms with Crippen LogP contribution in [0.1, 0.15) is 13.3 Å². The summed E-state index contributed by atoms with van der Waals surface area (Å²) in [6, 6.07) is 0.0874. The van der Waals surface area contributed by atoms with Crippen LogP contribution in [0.5, 0.6) is 0 Å². The molecule has 0 aromatic heterocycles. The van der Waals surface area contributed by atoms with Crippen LogP contribution in [0.4, 0.5) is 0 Å². The molecule has 0 aliphatic carbocycles. The van der Waals surface area contributed by atoms with E-state index in [1.54, 1.807) is 16.7 Å². The van der Waals surface area contributed by atoms with Gasteiger partial charge in [-0.05, 0) is 12.7 Å². The summed E-state index contributed by atoms with van der Waals surface area (Å²) in [5.74, 6) is -0.0179. The Labute approximate surface area is 107 Å². The van der Waals surface area contributed by atoms with Gasteiger partial charge in [0, 0.05) is 38.0 Å². The number of nitrogens with zero attached hydrogens (tertiary/aromatic N) is 1. The van der Waals surface area contributed by atoms with Crippen molar-refractivity contribution in [2.75, 3.05) is 38.2 Å². The number of piperazine rings is 1. The average molecular weight is 259 g/mol. The van der Waals surface area contributed by atoms with E-state index in [4.69, 9.17) is 0 Å². The van der Waals surface area contributed by atoms with E-state index in [1.807, 2.05) is 13.2 Å². The first-order valence-corrected chi connectivity index (χ1v) is 7.37. The Balaban J connectivity index is 2.42. The Hall–Kier alpha value is -0.750. The van der Waals surface area contributed by atoms with Gasteiger partial charge in [0.1, 0.15) is 0 Å². The molecule has 1 fully saturated rings. The molecule has 0 bridgehead atoms. The van der Waals surface area contributed by atoms with Crippen LogP contribution in [0.3, 0.4) is 0 Å². The van der Waals surface area contributed by atoms with Crippen molar-refractivity contribution in [3.05, 3.63) is 0 Å². The molecule has 1 saturated heterocycles. The quantitative estimate of drug-likeness (QED) is 0.679. The zero-order chi connectivity index (χ0) is 12.7. The third-order valence-corrected chi connectivity index (χ3v) is 3.53. The molecule has 2 amide bonds. The highest BCUT2D eigenvalue weighted by Gasteiger charge is 2.24. The monoisotopic (exact) mass is 259 g/mol. The van der Waals surface area contributed by atoms with Crippen LogP contribution >= 0.6 is 11.8 Å². The van der Waals surface area contributed by atoms with E-state index in [-0.39, 0.29) is 6.04 Å². The summed E-state index contributed by atoms with van der Waals surface area (Å²) in [6.07, 6.45) is 2.84. The number of nitrogens with one attached hydrogen (secondary N) is 2. The van der Waals surface area contributed by atoms with Gasteiger partial charge in [-0.3, -0.25) is 9.59 Å². The molecule has 0 radical (unpaired) electrons. The molecule has 0 aromatic rings. The second-order valence-corrected chi connectivity index (χ2v) is 4.99. The van der Waals surface area contributed by atoms with Gasteiger partial charge in [0.2, 0.25) is 0 Å². The largest absolute Gasteiger partial charge is 0.344 e. The summed E-state index contributed by atoms with van der Waals surface area (Å²) >= 11 is 1.67. The van der Waals surface area contributed by atoms with E-state index in [0.717, 1.165) is 25.3 Å².